The molecule has 2 aromatic rings. The number of halogens is 1. The van der Waals surface area contributed by atoms with Gasteiger partial charge in [-0.1, -0.05) is 18.2 Å². The van der Waals surface area contributed by atoms with Crippen LogP contribution in [-0.4, -0.2) is 41.7 Å². The fraction of sp³-hybridized carbons (Fsp3) is 0.400. The Bertz CT molecular complexity index is 1080. The highest BCUT2D eigenvalue weighted by atomic mass is 19.1. The molecule has 0 saturated carbocycles. The first-order valence-electron chi connectivity index (χ1n) is 10.9. The number of piperidine rings is 1. The van der Waals surface area contributed by atoms with E-state index in [1.165, 1.54) is 17.7 Å². The summed E-state index contributed by atoms with van der Waals surface area (Å²) in [6.45, 7) is 6.81. The molecule has 0 atom stereocenters. The number of carbonyl (C=O) groups is 1. The Morgan fingerprint density at radius 3 is 2.71 bits per heavy atom. The van der Waals surface area contributed by atoms with E-state index < -0.39 is 5.60 Å². The van der Waals surface area contributed by atoms with E-state index in [0.29, 0.717) is 22.6 Å². The highest BCUT2D eigenvalue weighted by Gasteiger charge is 2.40. The maximum Gasteiger partial charge on any atom is 0.260 e. The van der Waals surface area contributed by atoms with Gasteiger partial charge in [0, 0.05) is 42.0 Å². The third-order valence-electron chi connectivity index (χ3n) is 6.56. The lowest BCUT2D eigenvalue weighted by Gasteiger charge is -2.29. The minimum atomic E-state index is -0.584. The molecule has 1 saturated heterocycles. The summed E-state index contributed by atoms with van der Waals surface area (Å²) < 4.78 is 20.2. The highest BCUT2D eigenvalue weighted by Crippen LogP contribution is 2.48. The van der Waals surface area contributed by atoms with Crippen LogP contribution in [0.15, 0.2) is 36.4 Å². The molecule has 0 radical (unpaired) electrons. The molecule has 6 heteroatoms. The van der Waals surface area contributed by atoms with E-state index in [-0.39, 0.29) is 17.8 Å². The number of ether oxygens (including phenoxy) is 1. The lowest BCUT2D eigenvalue weighted by atomic mass is 9.91. The van der Waals surface area contributed by atoms with Gasteiger partial charge in [-0.3, -0.25) is 4.79 Å². The molecule has 0 unspecified atom stereocenters. The third-order valence-corrected chi connectivity index (χ3v) is 6.56. The SMILES string of the molecule is CC1(C)OC(=C2C(=O)Nc3ccc(F)cc32)c2ccc(CCN3CCC(O)CC3)cc21. The van der Waals surface area contributed by atoms with Gasteiger partial charge in [0.1, 0.15) is 17.2 Å². The van der Waals surface area contributed by atoms with Crippen LogP contribution >= 0.6 is 0 Å². The van der Waals surface area contributed by atoms with Crippen LogP contribution in [0.5, 0.6) is 0 Å². The van der Waals surface area contributed by atoms with Crippen molar-refractivity contribution in [3.63, 3.8) is 0 Å². The topological polar surface area (TPSA) is 61.8 Å². The summed E-state index contributed by atoms with van der Waals surface area (Å²) in [5.74, 6) is -0.138. The number of carbonyl (C=O) groups excluding carboxylic acids is 1. The standard InChI is InChI=1S/C25H27FN2O3/c1-25(2)20-13-15(7-10-28-11-8-17(29)9-12-28)3-5-18(20)23(31-25)22-19-14-16(26)4-6-21(19)27-24(22)30/h3-6,13-14,17,29H,7-12H2,1-2H3,(H,27,30). The fourth-order valence-electron chi connectivity index (χ4n) is 4.79. The number of rotatable bonds is 3. The Morgan fingerprint density at radius 2 is 1.94 bits per heavy atom. The molecule has 2 aromatic carbocycles. The lowest BCUT2D eigenvalue weighted by molar-refractivity contribution is -0.110. The van der Waals surface area contributed by atoms with Gasteiger partial charge in [0.15, 0.2) is 0 Å². The molecular formula is C25H27FN2O3. The van der Waals surface area contributed by atoms with Crippen LogP contribution in [0.4, 0.5) is 10.1 Å². The van der Waals surface area contributed by atoms with E-state index in [4.69, 9.17) is 4.74 Å². The van der Waals surface area contributed by atoms with Gasteiger partial charge in [-0.15, -0.1) is 0 Å². The number of fused-ring (bicyclic) bond motifs is 2. The van der Waals surface area contributed by atoms with E-state index in [9.17, 15) is 14.3 Å². The first-order valence-corrected chi connectivity index (χ1v) is 10.9. The number of anilines is 1. The van der Waals surface area contributed by atoms with Crippen molar-refractivity contribution in [1.82, 2.24) is 4.90 Å². The zero-order valence-corrected chi connectivity index (χ0v) is 17.9. The van der Waals surface area contributed by atoms with Crippen LogP contribution in [0.1, 0.15) is 48.9 Å². The zero-order valence-electron chi connectivity index (χ0n) is 17.9. The molecule has 5 rings (SSSR count). The van der Waals surface area contributed by atoms with Gasteiger partial charge in [-0.05, 0) is 56.9 Å². The quantitative estimate of drug-likeness (QED) is 0.737. The van der Waals surface area contributed by atoms with E-state index >= 15 is 0 Å². The molecular weight excluding hydrogens is 395 g/mol. The number of likely N-dealkylation sites (tertiary alicyclic amines) is 1. The lowest BCUT2D eigenvalue weighted by Crippen LogP contribution is -2.37. The predicted octanol–water partition coefficient (Wildman–Crippen LogP) is 3.91. The predicted molar refractivity (Wildman–Crippen MR) is 118 cm³/mol. The van der Waals surface area contributed by atoms with E-state index in [2.05, 4.69) is 22.3 Å². The van der Waals surface area contributed by atoms with Gasteiger partial charge >= 0.3 is 0 Å². The van der Waals surface area contributed by atoms with Crippen molar-refractivity contribution < 1.29 is 19.0 Å². The second kappa shape index (κ2) is 7.46. The third kappa shape index (κ3) is 3.64. The number of amides is 1. The molecule has 31 heavy (non-hydrogen) atoms. The van der Waals surface area contributed by atoms with Gasteiger partial charge < -0.3 is 20.1 Å². The number of hydrogen-bond acceptors (Lipinski definition) is 4. The molecule has 162 valence electrons. The Kier molecular flexibility index (Phi) is 4.87. The smallest absolute Gasteiger partial charge is 0.260 e. The van der Waals surface area contributed by atoms with Gasteiger partial charge in [0.2, 0.25) is 0 Å². The normalized spacial score (nSPS) is 22.8. The van der Waals surface area contributed by atoms with E-state index in [1.54, 1.807) is 6.07 Å². The largest absolute Gasteiger partial charge is 0.482 e. The van der Waals surface area contributed by atoms with Crippen molar-refractivity contribution in [2.24, 2.45) is 0 Å². The number of nitrogens with zero attached hydrogens (tertiary/aromatic N) is 1. The summed E-state index contributed by atoms with van der Waals surface area (Å²) in [5, 5.41) is 12.5. The first kappa shape index (κ1) is 20.2. The van der Waals surface area contributed by atoms with Crippen LogP contribution in [0, 0.1) is 5.82 Å². The highest BCUT2D eigenvalue weighted by molar-refractivity contribution is 6.36. The molecule has 1 fully saturated rings. The van der Waals surface area contributed by atoms with Gasteiger partial charge in [0.05, 0.1) is 11.7 Å². The maximum absolute atomic E-state index is 13.9. The van der Waals surface area contributed by atoms with Crippen molar-refractivity contribution in [3.05, 3.63) is 64.5 Å². The zero-order chi connectivity index (χ0) is 21.8. The summed E-state index contributed by atoms with van der Waals surface area (Å²) in [6.07, 6.45) is 2.44. The van der Waals surface area contributed by atoms with Crippen LogP contribution in [-0.2, 0) is 21.6 Å². The van der Waals surface area contributed by atoms with Crippen molar-refractivity contribution in [2.75, 3.05) is 25.0 Å². The van der Waals surface area contributed by atoms with Gasteiger partial charge in [0.25, 0.3) is 5.91 Å². The van der Waals surface area contributed by atoms with Crippen LogP contribution in [0.25, 0.3) is 11.3 Å². The average Bonchev–Trinajstić information content (AvgIpc) is 3.19. The maximum atomic E-state index is 13.9. The molecule has 0 aromatic heterocycles. The Balaban J connectivity index is 1.46. The average molecular weight is 423 g/mol. The second-order valence-corrected chi connectivity index (χ2v) is 9.16. The summed E-state index contributed by atoms with van der Waals surface area (Å²) >= 11 is 0. The Hall–Kier alpha value is -2.70. The number of aliphatic hydroxyl groups is 1. The van der Waals surface area contributed by atoms with E-state index in [0.717, 1.165) is 50.0 Å². The summed E-state index contributed by atoms with van der Waals surface area (Å²) in [4.78, 5) is 15.1. The fourth-order valence-corrected chi connectivity index (χ4v) is 4.79. The molecule has 3 aliphatic rings. The summed E-state index contributed by atoms with van der Waals surface area (Å²) in [7, 11) is 0. The van der Waals surface area contributed by atoms with Crippen molar-refractivity contribution >= 4 is 22.9 Å². The van der Waals surface area contributed by atoms with Crippen LogP contribution in [0.2, 0.25) is 0 Å². The van der Waals surface area contributed by atoms with Crippen molar-refractivity contribution in [1.29, 1.82) is 0 Å². The molecule has 0 bridgehead atoms. The van der Waals surface area contributed by atoms with Crippen molar-refractivity contribution in [2.45, 2.75) is 44.8 Å². The minimum absolute atomic E-state index is 0.160. The van der Waals surface area contributed by atoms with E-state index in [1.807, 2.05) is 19.9 Å². The summed E-state index contributed by atoms with van der Waals surface area (Å²) in [5.41, 5.74) is 4.10. The molecule has 0 spiro atoms. The number of nitrogens with one attached hydrogen (secondary N) is 1. The molecule has 5 nitrogen and oxygen atoms in total. The first-order chi connectivity index (χ1) is 14.8. The number of hydrogen-bond donors (Lipinski definition) is 2. The Morgan fingerprint density at radius 1 is 1.16 bits per heavy atom. The molecule has 2 N–H and O–H groups in total. The van der Waals surface area contributed by atoms with Crippen LogP contribution in [0.3, 0.4) is 0 Å². The number of benzene rings is 2. The van der Waals surface area contributed by atoms with Gasteiger partial charge in [-0.2, -0.15) is 0 Å². The number of aliphatic hydroxyl groups excluding tert-OH is 1. The molecule has 3 aliphatic heterocycles. The monoisotopic (exact) mass is 422 g/mol. The van der Waals surface area contributed by atoms with Gasteiger partial charge in [-0.25, -0.2) is 4.39 Å². The molecule has 0 aliphatic carbocycles. The molecule has 3 heterocycles. The van der Waals surface area contributed by atoms with Crippen molar-refractivity contribution in [3.8, 4) is 0 Å². The second-order valence-electron chi connectivity index (χ2n) is 9.16. The minimum Gasteiger partial charge on any atom is -0.482 e. The summed E-state index contributed by atoms with van der Waals surface area (Å²) in [6, 6.07) is 10.6. The Labute approximate surface area is 181 Å². The van der Waals surface area contributed by atoms with Crippen LogP contribution < -0.4 is 5.32 Å². The molecule has 1 amide bonds.